The smallest absolute Gasteiger partial charge is 0.176 e. The first-order valence-electron chi connectivity index (χ1n) is 8.16. The molecule has 0 radical (unpaired) electrons. The molecule has 0 atom stereocenters. The highest BCUT2D eigenvalue weighted by molar-refractivity contribution is 5.97. The Kier molecular flexibility index (Phi) is 6.36. The number of aryl methyl sites for hydroxylation is 1. The number of carbonyl (C=O) groups is 1. The summed E-state index contributed by atoms with van der Waals surface area (Å²) in [5.74, 6) is 0.935. The van der Waals surface area contributed by atoms with Crippen LogP contribution in [0.4, 0.5) is 0 Å². The number of likely N-dealkylation sites (N-methyl/N-ethyl adjacent to an activating group) is 1. The van der Waals surface area contributed by atoms with Crippen LogP contribution in [0.25, 0.3) is 0 Å². The maximum atomic E-state index is 12.2. The molecule has 0 N–H and O–H groups in total. The molecule has 0 saturated carbocycles. The number of nitrogens with zero attached hydrogens (tertiary/aromatic N) is 1. The molecular weight excluding hydrogens is 286 g/mol. The van der Waals surface area contributed by atoms with Gasteiger partial charge in [-0.3, -0.25) is 9.69 Å². The van der Waals surface area contributed by atoms with Crippen LogP contribution in [0.1, 0.15) is 35.3 Å². The van der Waals surface area contributed by atoms with Crippen molar-refractivity contribution in [1.82, 2.24) is 4.90 Å². The molecule has 0 spiro atoms. The van der Waals surface area contributed by atoms with Crippen molar-refractivity contribution in [2.75, 3.05) is 19.6 Å². The minimum absolute atomic E-state index is 0.152. The average molecular weight is 311 g/mol. The zero-order chi connectivity index (χ0) is 16.7. The van der Waals surface area contributed by atoms with E-state index in [1.165, 1.54) is 5.56 Å². The summed E-state index contributed by atoms with van der Waals surface area (Å²) in [7, 11) is 0. The minimum Gasteiger partial charge on any atom is -0.489 e. The van der Waals surface area contributed by atoms with E-state index in [2.05, 4.69) is 43.9 Å². The van der Waals surface area contributed by atoms with Gasteiger partial charge in [0.1, 0.15) is 12.4 Å². The van der Waals surface area contributed by atoms with E-state index >= 15 is 0 Å². The number of Topliss-reactive ketones (excluding diaryl/α,β-unsaturated/α-hetero) is 1. The van der Waals surface area contributed by atoms with Gasteiger partial charge in [0, 0.05) is 5.56 Å². The van der Waals surface area contributed by atoms with Gasteiger partial charge in [-0.2, -0.15) is 0 Å². The zero-order valence-corrected chi connectivity index (χ0v) is 14.2. The van der Waals surface area contributed by atoms with E-state index in [4.69, 9.17) is 4.74 Å². The van der Waals surface area contributed by atoms with Crippen LogP contribution >= 0.6 is 0 Å². The lowest BCUT2D eigenvalue weighted by Crippen LogP contribution is -2.29. The molecule has 0 bridgehead atoms. The molecular formula is C20H25NO2. The number of ether oxygens (including phenoxy) is 1. The highest BCUT2D eigenvalue weighted by atomic mass is 16.5. The van der Waals surface area contributed by atoms with Crippen LogP contribution < -0.4 is 4.74 Å². The van der Waals surface area contributed by atoms with E-state index in [-0.39, 0.29) is 5.78 Å². The SMILES string of the molecule is CCN(CC)CC(=O)c1ccc(OCc2cccc(C)c2)cc1. The van der Waals surface area contributed by atoms with Gasteiger partial charge in [0.25, 0.3) is 0 Å². The molecule has 0 fully saturated rings. The van der Waals surface area contributed by atoms with Crippen molar-refractivity contribution in [3.05, 3.63) is 65.2 Å². The Bertz CT molecular complexity index is 630. The fraction of sp³-hybridized carbons (Fsp3) is 0.350. The molecule has 0 amide bonds. The first-order valence-corrected chi connectivity index (χ1v) is 8.16. The van der Waals surface area contributed by atoms with Crippen molar-refractivity contribution >= 4 is 5.78 Å². The van der Waals surface area contributed by atoms with Crippen LogP contribution in [0, 0.1) is 6.92 Å². The zero-order valence-electron chi connectivity index (χ0n) is 14.2. The monoisotopic (exact) mass is 311 g/mol. The minimum atomic E-state index is 0.152. The Morgan fingerprint density at radius 1 is 1.04 bits per heavy atom. The first-order chi connectivity index (χ1) is 11.1. The van der Waals surface area contributed by atoms with E-state index in [9.17, 15) is 4.79 Å². The van der Waals surface area contributed by atoms with E-state index in [1.54, 1.807) is 0 Å². The molecule has 0 unspecified atom stereocenters. The Morgan fingerprint density at radius 3 is 2.35 bits per heavy atom. The van der Waals surface area contributed by atoms with Crippen molar-refractivity contribution in [3.63, 3.8) is 0 Å². The molecule has 0 aromatic heterocycles. The van der Waals surface area contributed by atoms with Gasteiger partial charge >= 0.3 is 0 Å². The van der Waals surface area contributed by atoms with Crippen LogP contribution in [0.2, 0.25) is 0 Å². The number of hydrogen-bond donors (Lipinski definition) is 0. The van der Waals surface area contributed by atoms with Gasteiger partial charge in [0.15, 0.2) is 5.78 Å². The fourth-order valence-electron chi connectivity index (χ4n) is 2.45. The third-order valence-electron chi connectivity index (χ3n) is 3.93. The number of hydrogen-bond acceptors (Lipinski definition) is 3. The molecule has 2 aromatic rings. The van der Waals surface area contributed by atoms with Crippen LogP contribution in [-0.4, -0.2) is 30.3 Å². The Labute approximate surface area is 138 Å². The van der Waals surface area contributed by atoms with Gasteiger partial charge in [0.2, 0.25) is 0 Å². The second kappa shape index (κ2) is 8.49. The van der Waals surface area contributed by atoms with Gasteiger partial charge < -0.3 is 4.74 Å². The van der Waals surface area contributed by atoms with E-state index in [0.29, 0.717) is 13.2 Å². The lowest BCUT2D eigenvalue weighted by molar-refractivity contribution is 0.0937. The van der Waals surface area contributed by atoms with Gasteiger partial charge in [-0.05, 0) is 49.8 Å². The summed E-state index contributed by atoms with van der Waals surface area (Å²) in [6.07, 6.45) is 0. The topological polar surface area (TPSA) is 29.5 Å². The number of benzene rings is 2. The summed E-state index contributed by atoms with van der Waals surface area (Å²) in [6.45, 7) is 8.99. The lowest BCUT2D eigenvalue weighted by atomic mass is 10.1. The van der Waals surface area contributed by atoms with Gasteiger partial charge in [-0.1, -0.05) is 43.7 Å². The summed E-state index contributed by atoms with van der Waals surface area (Å²) < 4.78 is 5.78. The molecule has 0 saturated heterocycles. The predicted molar refractivity (Wildman–Crippen MR) is 94.1 cm³/mol. The van der Waals surface area contributed by atoms with Crippen LogP contribution in [0.15, 0.2) is 48.5 Å². The Hall–Kier alpha value is -2.13. The normalized spacial score (nSPS) is 10.8. The maximum Gasteiger partial charge on any atom is 0.176 e. The molecule has 3 heteroatoms. The predicted octanol–water partition coefficient (Wildman–Crippen LogP) is 4.10. The quantitative estimate of drug-likeness (QED) is 0.687. The van der Waals surface area contributed by atoms with Gasteiger partial charge in [0.05, 0.1) is 6.54 Å². The van der Waals surface area contributed by atoms with Crippen LogP contribution in [0.3, 0.4) is 0 Å². The molecule has 23 heavy (non-hydrogen) atoms. The van der Waals surface area contributed by atoms with E-state index in [0.717, 1.165) is 30.0 Å². The maximum absolute atomic E-state index is 12.2. The highest BCUT2D eigenvalue weighted by Crippen LogP contribution is 2.15. The third-order valence-corrected chi connectivity index (χ3v) is 3.93. The van der Waals surface area contributed by atoms with Gasteiger partial charge in [-0.25, -0.2) is 0 Å². The van der Waals surface area contributed by atoms with Crippen molar-refractivity contribution in [2.45, 2.75) is 27.4 Å². The highest BCUT2D eigenvalue weighted by Gasteiger charge is 2.10. The molecule has 2 rings (SSSR count). The second-order valence-electron chi connectivity index (χ2n) is 5.69. The summed E-state index contributed by atoms with van der Waals surface area (Å²) in [5, 5.41) is 0. The Morgan fingerprint density at radius 2 is 1.74 bits per heavy atom. The molecule has 0 aliphatic rings. The fourth-order valence-corrected chi connectivity index (χ4v) is 2.45. The molecule has 0 aliphatic heterocycles. The first kappa shape index (κ1) is 17.2. The number of ketones is 1. The molecule has 3 nitrogen and oxygen atoms in total. The molecule has 0 heterocycles. The van der Waals surface area contributed by atoms with Crippen LogP contribution in [0.5, 0.6) is 5.75 Å². The van der Waals surface area contributed by atoms with Gasteiger partial charge in [-0.15, -0.1) is 0 Å². The van der Waals surface area contributed by atoms with Crippen LogP contribution in [-0.2, 0) is 6.61 Å². The third kappa shape index (κ3) is 5.22. The number of carbonyl (C=O) groups excluding carboxylic acids is 1. The summed E-state index contributed by atoms with van der Waals surface area (Å²) in [4.78, 5) is 14.3. The molecule has 122 valence electrons. The molecule has 0 aliphatic carbocycles. The largest absolute Gasteiger partial charge is 0.489 e. The summed E-state index contributed by atoms with van der Waals surface area (Å²) in [5.41, 5.74) is 3.11. The molecule has 2 aromatic carbocycles. The van der Waals surface area contributed by atoms with Crippen molar-refractivity contribution < 1.29 is 9.53 Å². The Balaban J connectivity index is 1.92. The van der Waals surface area contributed by atoms with Crippen molar-refractivity contribution in [1.29, 1.82) is 0 Å². The average Bonchev–Trinajstić information content (AvgIpc) is 2.58. The lowest BCUT2D eigenvalue weighted by Gasteiger charge is -2.16. The summed E-state index contributed by atoms with van der Waals surface area (Å²) >= 11 is 0. The van der Waals surface area contributed by atoms with Crippen molar-refractivity contribution in [2.24, 2.45) is 0 Å². The summed E-state index contributed by atoms with van der Waals surface area (Å²) in [6, 6.07) is 15.7. The standard InChI is InChI=1S/C20H25NO2/c1-4-21(5-2)14-20(22)18-9-11-19(12-10-18)23-15-17-8-6-7-16(3)13-17/h6-13H,4-5,14-15H2,1-3H3. The second-order valence-corrected chi connectivity index (χ2v) is 5.69. The van der Waals surface area contributed by atoms with Crippen molar-refractivity contribution in [3.8, 4) is 5.75 Å². The van der Waals surface area contributed by atoms with E-state index in [1.807, 2.05) is 30.3 Å². The van der Waals surface area contributed by atoms with E-state index < -0.39 is 0 Å². The number of rotatable bonds is 8.